The van der Waals surface area contributed by atoms with Crippen LogP contribution in [0.3, 0.4) is 0 Å². The summed E-state index contributed by atoms with van der Waals surface area (Å²) in [5, 5.41) is 25.9. The van der Waals surface area contributed by atoms with Gasteiger partial charge in [-0.2, -0.15) is 0 Å². The molecular weight excluding hydrogens is 218 g/mol. The van der Waals surface area contributed by atoms with Crippen LogP contribution in [0.5, 0.6) is 0 Å². The van der Waals surface area contributed by atoms with Crippen molar-refractivity contribution in [2.45, 2.75) is 18.9 Å². The molecular formula is C9H13NO6. The van der Waals surface area contributed by atoms with Crippen LogP contribution in [0.4, 0.5) is 0 Å². The molecule has 0 spiro atoms. The maximum Gasteiger partial charge on any atom is 0.320 e. The highest BCUT2D eigenvalue weighted by atomic mass is 16.4. The smallest absolute Gasteiger partial charge is 0.320 e. The van der Waals surface area contributed by atoms with E-state index in [2.05, 4.69) is 0 Å². The quantitative estimate of drug-likeness (QED) is 0.469. The van der Waals surface area contributed by atoms with Crippen molar-refractivity contribution >= 4 is 17.9 Å². The standard InChI is InChI=1S/C9H13NO6/c10-7(9(15)16)5-3(1-2-4(11)12)6(5)8(13)14/h3,5-7H,1-2,10H2,(H,11,12)(H,13,14)(H,15,16). The largest absolute Gasteiger partial charge is 0.481 e. The van der Waals surface area contributed by atoms with Crippen LogP contribution in [0.25, 0.3) is 0 Å². The monoisotopic (exact) mass is 231 g/mol. The minimum absolute atomic E-state index is 0.151. The number of nitrogens with two attached hydrogens (primary N) is 1. The molecule has 0 amide bonds. The van der Waals surface area contributed by atoms with Crippen molar-refractivity contribution in [2.75, 3.05) is 0 Å². The summed E-state index contributed by atoms with van der Waals surface area (Å²) in [5.41, 5.74) is 5.34. The molecule has 16 heavy (non-hydrogen) atoms. The van der Waals surface area contributed by atoms with Crippen LogP contribution in [-0.2, 0) is 14.4 Å². The molecule has 0 aliphatic heterocycles. The van der Waals surface area contributed by atoms with Crippen molar-refractivity contribution in [1.29, 1.82) is 0 Å². The molecule has 1 rings (SSSR count). The van der Waals surface area contributed by atoms with Gasteiger partial charge in [-0.05, 0) is 12.3 Å². The first-order chi connectivity index (χ1) is 7.36. The lowest BCUT2D eigenvalue weighted by atomic mass is 10.1. The van der Waals surface area contributed by atoms with Crippen molar-refractivity contribution in [2.24, 2.45) is 23.5 Å². The van der Waals surface area contributed by atoms with Crippen LogP contribution in [0.1, 0.15) is 12.8 Å². The average Bonchev–Trinajstić information content (AvgIpc) is 2.87. The first-order valence-electron chi connectivity index (χ1n) is 4.79. The first kappa shape index (κ1) is 12.4. The Labute approximate surface area is 90.9 Å². The number of aliphatic carboxylic acids is 3. The van der Waals surface area contributed by atoms with Crippen LogP contribution in [0, 0.1) is 17.8 Å². The van der Waals surface area contributed by atoms with Gasteiger partial charge in [-0.3, -0.25) is 14.4 Å². The molecule has 4 atom stereocenters. The zero-order valence-electron chi connectivity index (χ0n) is 8.37. The minimum atomic E-state index is -1.26. The van der Waals surface area contributed by atoms with Gasteiger partial charge in [0.15, 0.2) is 0 Å². The Hall–Kier alpha value is -1.63. The number of carbonyl (C=O) groups is 3. The van der Waals surface area contributed by atoms with Crippen LogP contribution in [-0.4, -0.2) is 39.3 Å². The third-order valence-corrected chi connectivity index (χ3v) is 2.91. The van der Waals surface area contributed by atoms with E-state index >= 15 is 0 Å². The molecule has 4 unspecified atom stereocenters. The molecule has 0 aromatic carbocycles. The van der Waals surface area contributed by atoms with Crippen molar-refractivity contribution in [3.8, 4) is 0 Å². The summed E-state index contributed by atoms with van der Waals surface area (Å²) in [7, 11) is 0. The molecule has 90 valence electrons. The van der Waals surface area contributed by atoms with Crippen molar-refractivity contribution in [1.82, 2.24) is 0 Å². The van der Waals surface area contributed by atoms with Crippen LogP contribution >= 0.6 is 0 Å². The third-order valence-electron chi connectivity index (χ3n) is 2.91. The Bertz CT molecular complexity index is 328. The summed E-state index contributed by atoms with van der Waals surface area (Å²) in [5.74, 6) is -5.33. The molecule has 0 bridgehead atoms. The zero-order chi connectivity index (χ0) is 12.5. The third kappa shape index (κ3) is 2.48. The maximum atomic E-state index is 10.8. The molecule has 1 fully saturated rings. The maximum absolute atomic E-state index is 10.8. The van der Waals surface area contributed by atoms with E-state index in [1.54, 1.807) is 0 Å². The topological polar surface area (TPSA) is 138 Å². The predicted octanol–water partition coefficient (Wildman–Crippen LogP) is -0.790. The minimum Gasteiger partial charge on any atom is -0.481 e. The molecule has 0 aromatic heterocycles. The summed E-state index contributed by atoms with van der Waals surface area (Å²) in [6.07, 6.45) is -0.0186. The Balaban J connectivity index is 2.60. The molecule has 1 saturated carbocycles. The average molecular weight is 231 g/mol. The number of hydrogen-bond acceptors (Lipinski definition) is 4. The summed E-state index contributed by atoms with van der Waals surface area (Å²) in [6.45, 7) is 0. The zero-order valence-corrected chi connectivity index (χ0v) is 8.37. The van der Waals surface area contributed by atoms with Crippen LogP contribution in [0.2, 0.25) is 0 Å². The van der Waals surface area contributed by atoms with Gasteiger partial charge in [-0.15, -0.1) is 0 Å². The number of hydrogen-bond donors (Lipinski definition) is 4. The highest BCUT2D eigenvalue weighted by Gasteiger charge is 2.58. The number of carboxylic acid groups (broad SMARTS) is 3. The lowest BCUT2D eigenvalue weighted by Gasteiger charge is -2.03. The van der Waals surface area contributed by atoms with Gasteiger partial charge in [-0.25, -0.2) is 0 Å². The number of rotatable bonds is 6. The van der Waals surface area contributed by atoms with Gasteiger partial charge in [-0.1, -0.05) is 0 Å². The summed E-state index contributed by atoms with van der Waals surface area (Å²) < 4.78 is 0. The molecule has 0 saturated heterocycles. The summed E-state index contributed by atoms with van der Waals surface area (Å²) in [4.78, 5) is 31.7. The fourth-order valence-corrected chi connectivity index (χ4v) is 2.06. The summed E-state index contributed by atoms with van der Waals surface area (Å²) >= 11 is 0. The fourth-order valence-electron chi connectivity index (χ4n) is 2.06. The van der Waals surface area contributed by atoms with Crippen molar-refractivity contribution < 1.29 is 29.7 Å². The second-order valence-corrected chi connectivity index (χ2v) is 3.90. The Kier molecular flexibility index (Phi) is 3.48. The van der Waals surface area contributed by atoms with E-state index in [0.29, 0.717) is 0 Å². The highest BCUT2D eigenvalue weighted by molar-refractivity contribution is 5.80. The van der Waals surface area contributed by atoms with Gasteiger partial charge in [0.2, 0.25) is 0 Å². The second-order valence-electron chi connectivity index (χ2n) is 3.90. The van der Waals surface area contributed by atoms with Gasteiger partial charge in [0.05, 0.1) is 5.92 Å². The number of carboxylic acids is 3. The highest BCUT2D eigenvalue weighted by Crippen LogP contribution is 2.51. The SMILES string of the molecule is NC(C(=O)O)C1C(CCC(=O)O)C1C(=O)O. The van der Waals surface area contributed by atoms with E-state index in [0.717, 1.165) is 0 Å². The molecule has 1 aliphatic carbocycles. The Morgan fingerprint density at radius 2 is 1.75 bits per heavy atom. The Morgan fingerprint density at radius 1 is 1.19 bits per heavy atom. The molecule has 0 heterocycles. The lowest BCUT2D eigenvalue weighted by molar-refractivity contribution is -0.141. The van der Waals surface area contributed by atoms with Crippen LogP contribution in [0.15, 0.2) is 0 Å². The lowest BCUT2D eigenvalue weighted by Crippen LogP contribution is -2.34. The molecule has 0 radical (unpaired) electrons. The van der Waals surface area contributed by atoms with E-state index in [9.17, 15) is 14.4 Å². The van der Waals surface area contributed by atoms with Gasteiger partial charge >= 0.3 is 17.9 Å². The first-order valence-corrected chi connectivity index (χ1v) is 4.79. The normalized spacial score (nSPS) is 29.4. The van der Waals surface area contributed by atoms with E-state index in [1.165, 1.54) is 0 Å². The predicted molar refractivity (Wildman–Crippen MR) is 50.6 cm³/mol. The van der Waals surface area contributed by atoms with E-state index < -0.39 is 41.7 Å². The fraction of sp³-hybridized carbons (Fsp3) is 0.667. The molecule has 7 nitrogen and oxygen atoms in total. The summed E-state index contributed by atoms with van der Waals surface area (Å²) in [6, 6.07) is -1.24. The van der Waals surface area contributed by atoms with Crippen molar-refractivity contribution in [3.05, 3.63) is 0 Å². The van der Waals surface area contributed by atoms with Crippen LogP contribution < -0.4 is 5.73 Å². The van der Waals surface area contributed by atoms with E-state index in [1.807, 2.05) is 0 Å². The van der Waals surface area contributed by atoms with Gasteiger partial charge in [0.1, 0.15) is 6.04 Å². The van der Waals surface area contributed by atoms with Crippen molar-refractivity contribution in [3.63, 3.8) is 0 Å². The van der Waals surface area contributed by atoms with Gasteiger partial charge in [0.25, 0.3) is 0 Å². The molecule has 1 aliphatic rings. The van der Waals surface area contributed by atoms with Gasteiger partial charge in [0, 0.05) is 12.3 Å². The molecule has 5 N–H and O–H groups in total. The van der Waals surface area contributed by atoms with E-state index in [-0.39, 0.29) is 12.8 Å². The molecule has 7 heteroatoms. The van der Waals surface area contributed by atoms with Gasteiger partial charge < -0.3 is 21.1 Å². The van der Waals surface area contributed by atoms with E-state index in [4.69, 9.17) is 21.1 Å². The Morgan fingerprint density at radius 3 is 2.12 bits per heavy atom. The molecule has 0 aromatic rings. The second kappa shape index (κ2) is 4.48.